The fourth-order valence-corrected chi connectivity index (χ4v) is 2.05. The maximum Gasteiger partial charge on any atom is 0.123 e. The van der Waals surface area contributed by atoms with E-state index in [1.165, 1.54) is 5.56 Å². The standard InChI is InChI=1S/C15H25NO2/c1-11(2)14(10-17-4)16-12(3)13-8-6-7-9-15(13)18-5/h6-9,11-12,14,16H,10H2,1-5H3/t12-,14?/m1/s1. The molecule has 0 aliphatic heterocycles. The van der Waals surface area contributed by atoms with Crippen molar-refractivity contribution in [3.63, 3.8) is 0 Å². The van der Waals surface area contributed by atoms with Gasteiger partial charge in [0.15, 0.2) is 0 Å². The molecule has 2 atom stereocenters. The molecule has 0 bridgehead atoms. The summed E-state index contributed by atoms with van der Waals surface area (Å²) < 4.78 is 10.7. The van der Waals surface area contributed by atoms with Crippen molar-refractivity contribution >= 4 is 0 Å². The Hall–Kier alpha value is -1.06. The third kappa shape index (κ3) is 4.00. The lowest BCUT2D eigenvalue weighted by atomic mass is 10.0. The van der Waals surface area contributed by atoms with E-state index in [0.29, 0.717) is 12.0 Å². The first-order valence-electron chi connectivity index (χ1n) is 6.48. The van der Waals surface area contributed by atoms with E-state index in [4.69, 9.17) is 9.47 Å². The van der Waals surface area contributed by atoms with E-state index in [1.54, 1.807) is 14.2 Å². The van der Waals surface area contributed by atoms with Gasteiger partial charge in [0, 0.05) is 24.8 Å². The maximum atomic E-state index is 5.40. The zero-order chi connectivity index (χ0) is 13.5. The van der Waals surface area contributed by atoms with Gasteiger partial charge < -0.3 is 14.8 Å². The van der Waals surface area contributed by atoms with Crippen LogP contribution in [0.3, 0.4) is 0 Å². The lowest BCUT2D eigenvalue weighted by Gasteiger charge is -2.26. The van der Waals surface area contributed by atoms with Gasteiger partial charge in [-0.15, -0.1) is 0 Å². The number of hydrogen-bond donors (Lipinski definition) is 1. The van der Waals surface area contributed by atoms with Crippen molar-refractivity contribution < 1.29 is 9.47 Å². The van der Waals surface area contributed by atoms with Crippen LogP contribution in [-0.4, -0.2) is 26.9 Å². The number of methoxy groups -OCH3 is 2. The van der Waals surface area contributed by atoms with Crippen LogP contribution in [0.15, 0.2) is 24.3 Å². The smallest absolute Gasteiger partial charge is 0.123 e. The van der Waals surface area contributed by atoms with Crippen LogP contribution in [-0.2, 0) is 4.74 Å². The highest BCUT2D eigenvalue weighted by Gasteiger charge is 2.18. The molecule has 1 aromatic carbocycles. The van der Waals surface area contributed by atoms with Crippen molar-refractivity contribution in [2.24, 2.45) is 5.92 Å². The largest absolute Gasteiger partial charge is 0.496 e. The third-order valence-corrected chi connectivity index (χ3v) is 3.22. The summed E-state index contributed by atoms with van der Waals surface area (Å²) in [5.41, 5.74) is 1.18. The second kappa shape index (κ2) is 7.39. The minimum Gasteiger partial charge on any atom is -0.496 e. The quantitative estimate of drug-likeness (QED) is 0.808. The molecule has 0 spiro atoms. The molecule has 0 amide bonds. The van der Waals surface area contributed by atoms with E-state index < -0.39 is 0 Å². The molecule has 0 aliphatic carbocycles. The van der Waals surface area contributed by atoms with Crippen LogP contribution in [0.25, 0.3) is 0 Å². The Labute approximate surface area is 110 Å². The number of hydrogen-bond acceptors (Lipinski definition) is 3. The number of rotatable bonds is 7. The van der Waals surface area contributed by atoms with E-state index in [2.05, 4.69) is 32.2 Å². The summed E-state index contributed by atoms with van der Waals surface area (Å²) in [6, 6.07) is 8.70. The summed E-state index contributed by atoms with van der Waals surface area (Å²) in [4.78, 5) is 0. The van der Waals surface area contributed by atoms with Crippen LogP contribution >= 0.6 is 0 Å². The average Bonchev–Trinajstić information content (AvgIpc) is 2.37. The van der Waals surface area contributed by atoms with Gasteiger partial charge in [0.05, 0.1) is 13.7 Å². The van der Waals surface area contributed by atoms with Crippen molar-refractivity contribution in [1.29, 1.82) is 0 Å². The first-order chi connectivity index (χ1) is 8.60. The van der Waals surface area contributed by atoms with Gasteiger partial charge in [-0.25, -0.2) is 0 Å². The van der Waals surface area contributed by atoms with Crippen LogP contribution in [0.2, 0.25) is 0 Å². The van der Waals surface area contributed by atoms with Crippen LogP contribution in [0.5, 0.6) is 5.75 Å². The van der Waals surface area contributed by atoms with E-state index in [1.807, 2.05) is 18.2 Å². The Kier molecular flexibility index (Phi) is 6.16. The summed E-state index contributed by atoms with van der Waals surface area (Å²) in [6.07, 6.45) is 0. The second-order valence-corrected chi connectivity index (χ2v) is 4.94. The molecule has 1 unspecified atom stereocenters. The summed E-state index contributed by atoms with van der Waals surface area (Å²) in [5.74, 6) is 1.46. The van der Waals surface area contributed by atoms with Gasteiger partial charge in [0.2, 0.25) is 0 Å². The minimum atomic E-state index is 0.240. The molecule has 1 aromatic rings. The molecule has 0 aromatic heterocycles. The van der Waals surface area contributed by atoms with Gasteiger partial charge in [-0.3, -0.25) is 0 Å². The molecule has 0 fully saturated rings. The second-order valence-electron chi connectivity index (χ2n) is 4.94. The molecule has 102 valence electrons. The number of para-hydroxylation sites is 1. The lowest BCUT2D eigenvalue weighted by molar-refractivity contribution is 0.141. The average molecular weight is 251 g/mol. The maximum absolute atomic E-state index is 5.40. The fraction of sp³-hybridized carbons (Fsp3) is 0.600. The van der Waals surface area contributed by atoms with Crippen molar-refractivity contribution in [1.82, 2.24) is 5.32 Å². The first-order valence-corrected chi connectivity index (χ1v) is 6.48. The van der Waals surface area contributed by atoms with Gasteiger partial charge >= 0.3 is 0 Å². The molecule has 0 heterocycles. The fourth-order valence-electron chi connectivity index (χ4n) is 2.05. The van der Waals surface area contributed by atoms with E-state index in [0.717, 1.165) is 12.4 Å². The molecule has 18 heavy (non-hydrogen) atoms. The van der Waals surface area contributed by atoms with Crippen molar-refractivity contribution in [2.75, 3.05) is 20.8 Å². The molecule has 0 saturated heterocycles. The Morgan fingerprint density at radius 3 is 2.33 bits per heavy atom. The highest BCUT2D eigenvalue weighted by atomic mass is 16.5. The van der Waals surface area contributed by atoms with E-state index in [9.17, 15) is 0 Å². The minimum absolute atomic E-state index is 0.240. The zero-order valence-electron chi connectivity index (χ0n) is 12.1. The molecule has 0 aliphatic rings. The van der Waals surface area contributed by atoms with Crippen molar-refractivity contribution in [2.45, 2.75) is 32.9 Å². The van der Waals surface area contributed by atoms with Crippen LogP contribution < -0.4 is 10.1 Å². The van der Waals surface area contributed by atoms with Crippen molar-refractivity contribution in [3.8, 4) is 5.75 Å². The van der Waals surface area contributed by atoms with Gasteiger partial charge in [-0.2, -0.15) is 0 Å². The molecule has 1 N–H and O–H groups in total. The zero-order valence-corrected chi connectivity index (χ0v) is 12.1. The Bertz CT molecular complexity index is 352. The normalized spacial score (nSPS) is 14.6. The molecule has 1 rings (SSSR count). The topological polar surface area (TPSA) is 30.5 Å². The highest BCUT2D eigenvalue weighted by molar-refractivity contribution is 5.35. The van der Waals surface area contributed by atoms with Crippen LogP contribution in [0.1, 0.15) is 32.4 Å². The van der Waals surface area contributed by atoms with Crippen LogP contribution in [0.4, 0.5) is 0 Å². The first kappa shape index (κ1) is 15.0. The summed E-state index contributed by atoms with van der Waals surface area (Å²) in [7, 11) is 3.45. The molecule has 3 nitrogen and oxygen atoms in total. The van der Waals surface area contributed by atoms with Gasteiger partial charge in [-0.1, -0.05) is 32.0 Å². The highest BCUT2D eigenvalue weighted by Crippen LogP contribution is 2.25. The number of nitrogens with one attached hydrogen (secondary N) is 1. The van der Waals surface area contributed by atoms with Gasteiger partial charge in [-0.05, 0) is 18.9 Å². The summed E-state index contributed by atoms with van der Waals surface area (Å²) in [6.45, 7) is 7.28. The SMILES string of the molecule is COCC(N[C@H](C)c1ccccc1OC)C(C)C. The summed E-state index contributed by atoms with van der Waals surface area (Å²) in [5, 5.41) is 3.60. The van der Waals surface area contributed by atoms with Crippen LogP contribution in [0, 0.1) is 5.92 Å². The monoisotopic (exact) mass is 251 g/mol. The third-order valence-electron chi connectivity index (χ3n) is 3.22. The van der Waals surface area contributed by atoms with Gasteiger partial charge in [0.1, 0.15) is 5.75 Å². The Balaban J connectivity index is 2.76. The Morgan fingerprint density at radius 2 is 1.78 bits per heavy atom. The van der Waals surface area contributed by atoms with Gasteiger partial charge in [0.25, 0.3) is 0 Å². The molecular formula is C15H25NO2. The molecular weight excluding hydrogens is 226 g/mol. The molecule has 0 saturated carbocycles. The number of ether oxygens (including phenoxy) is 2. The molecule has 3 heteroatoms. The lowest BCUT2D eigenvalue weighted by Crippen LogP contribution is -2.39. The van der Waals surface area contributed by atoms with E-state index >= 15 is 0 Å². The van der Waals surface area contributed by atoms with E-state index in [-0.39, 0.29) is 6.04 Å². The predicted octanol–water partition coefficient (Wildman–Crippen LogP) is 3.02. The molecule has 0 radical (unpaired) electrons. The summed E-state index contributed by atoms with van der Waals surface area (Å²) >= 11 is 0. The Morgan fingerprint density at radius 1 is 1.11 bits per heavy atom. The van der Waals surface area contributed by atoms with Crippen molar-refractivity contribution in [3.05, 3.63) is 29.8 Å². The predicted molar refractivity (Wildman–Crippen MR) is 75.0 cm³/mol. The number of benzene rings is 1.